The van der Waals surface area contributed by atoms with Crippen LogP contribution in [0.4, 0.5) is 11.4 Å². The molecule has 0 atom stereocenters. The lowest BCUT2D eigenvalue weighted by Crippen LogP contribution is -2.28. The molecule has 5 aromatic rings. The van der Waals surface area contributed by atoms with Crippen molar-refractivity contribution in [2.75, 3.05) is 18.4 Å². The monoisotopic (exact) mass is 463 g/mol. The fourth-order valence-electron chi connectivity index (χ4n) is 4.90. The number of pyridine rings is 1. The van der Waals surface area contributed by atoms with E-state index in [0.29, 0.717) is 5.56 Å². The highest BCUT2D eigenvalue weighted by Gasteiger charge is 2.16. The van der Waals surface area contributed by atoms with Crippen LogP contribution in [0.5, 0.6) is 0 Å². The SMILES string of the molecule is N#Cc1cncc(-c2cc3cc(CN4CCCCC4)ccc3s2)c1Nc1cccc2[nH]ccc12. The van der Waals surface area contributed by atoms with E-state index in [2.05, 4.69) is 50.5 Å². The molecule has 1 saturated heterocycles. The second-order valence-electron chi connectivity index (χ2n) is 8.91. The summed E-state index contributed by atoms with van der Waals surface area (Å²) in [7, 11) is 0. The summed E-state index contributed by atoms with van der Waals surface area (Å²) in [6.45, 7) is 3.41. The maximum absolute atomic E-state index is 9.84. The number of aromatic amines is 1. The molecule has 0 radical (unpaired) electrons. The maximum Gasteiger partial charge on any atom is 0.103 e. The standard InChI is InChI=1S/C28H25N5S/c29-15-21-16-30-17-23(28(21)32-25-6-4-5-24-22(25)9-10-31-24)27-14-20-13-19(7-8-26(20)34-27)18-33-11-2-1-3-12-33/h4-10,13-14,16-17,31H,1-3,11-12,18H2,(H,30,32). The highest BCUT2D eigenvalue weighted by atomic mass is 32.1. The van der Waals surface area contributed by atoms with Crippen LogP contribution in [0, 0.1) is 11.3 Å². The van der Waals surface area contributed by atoms with Gasteiger partial charge in [0.25, 0.3) is 0 Å². The summed E-state index contributed by atoms with van der Waals surface area (Å²) in [5, 5.41) is 15.7. The van der Waals surface area contributed by atoms with Gasteiger partial charge in [0.2, 0.25) is 0 Å². The molecule has 1 aliphatic rings. The number of H-pyrrole nitrogens is 1. The number of nitrogens with one attached hydrogen (secondary N) is 2. The molecule has 5 nitrogen and oxygen atoms in total. The van der Waals surface area contributed by atoms with E-state index in [1.807, 2.05) is 36.7 Å². The molecular formula is C28H25N5S. The first kappa shape index (κ1) is 20.9. The quantitative estimate of drug-likeness (QED) is 0.293. The number of rotatable bonds is 5. The van der Waals surface area contributed by atoms with Crippen molar-refractivity contribution in [3.05, 3.63) is 78.2 Å². The number of thiophene rings is 1. The second-order valence-corrected chi connectivity index (χ2v) is 9.99. The fraction of sp³-hybridized carbons (Fsp3) is 0.214. The molecule has 4 heterocycles. The molecule has 3 aromatic heterocycles. The van der Waals surface area contributed by atoms with Gasteiger partial charge in [-0.3, -0.25) is 9.88 Å². The smallest absolute Gasteiger partial charge is 0.103 e. The average molecular weight is 464 g/mol. The van der Waals surface area contributed by atoms with Gasteiger partial charge in [0, 0.05) is 56.9 Å². The van der Waals surface area contributed by atoms with E-state index < -0.39 is 0 Å². The first-order valence-electron chi connectivity index (χ1n) is 11.7. The average Bonchev–Trinajstić information content (AvgIpc) is 3.52. The molecule has 1 aliphatic heterocycles. The molecule has 6 heteroatoms. The van der Waals surface area contributed by atoms with Crippen LogP contribution in [0.1, 0.15) is 30.4 Å². The summed E-state index contributed by atoms with van der Waals surface area (Å²) >= 11 is 1.75. The van der Waals surface area contributed by atoms with E-state index in [1.165, 1.54) is 48.0 Å². The highest BCUT2D eigenvalue weighted by Crippen LogP contribution is 2.40. The van der Waals surface area contributed by atoms with Crippen LogP contribution in [0.3, 0.4) is 0 Å². The molecule has 2 N–H and O–H groups in total. The number of nitrogens with zero attached hydrogens (tertiary/aromatic N) is 3. The Kier molecular flexibility index (Phi) is 5.50. The zero-order valence-electron chi connectivity index (χ0n) is 18.8. The molecule has 0 aliphatic carbocycles. The Bertz CT molecular complexity index is 1520. The normalized spacial score (nSPS) is 14.4. The van der Waals surface area contributed by atoms with Crippen LogP contribution < -0.4 is 5.32 Å². The molecule has 6 rings (SSSR count). The number of hydrogen-bond acceptors (Lipinski definition) is 5. The van der Waals surface area contributed by atoms with Crippen LogP contribution in [-0.2, 0) is 6.54 Å². The number of nitriles is 1. The van der Waals surface area contributed by atoms with Gasteiger partial charge in [0.15, 0.2) is 0 Å². The van der Waals surface area contributed by atoms with E-state index in [0.717, 1.165) is 39.3 Å². The largest absolute Gasteiger partial charge is 0.361 e. The van der Waals surface area contributed by atoms with Crippen molar-refractivity contribution in [1.82, 2.24) is 14.9 Å². The molecule has 0 bridgehead atoms. The molecule has 0 amide bonds. The third-order valence-corrected chi connectivity index (χ3v) is 7.77. The van der Waals surface area contributed by atoms with Gasteiger partial charge < -0.3 is 10.3 Å². The van der Waals surface area contributed by atoms with Gasteiger partial charge in [-0.15, -0.1) is 11.3 Å². The Labute approximate surface area is 202 Å². The Morgan fingerprint density at radius 2 is 1.97 bits per heavy atom. The summed E-state index contributed by atoms with van der Waals surface area (Å²) in [4.78, 5) is 11.3. The lowest BCUT2D eigenvalue weighted by molar-refractivity contribution is 0.221. The van der Waals surface area contributed by atoms with Crippen LogP contribution in [0.2, 0.25) is 0 Å². The van der Waals surface area contributed by atoms with Gasteiger partial charge in [-0.1, -0.05) is 18.6 Å². The molecule has 0 unspecified atom stereocenters. The summed E-state index contributed by atoms with van der Waals surface area (Å²) < 4.78 is 1.25. The third-order valence-electron chi connectivity index (χ3n) is 6.62. The molecule has 168 valence electrons. The molecule has 2 aromatic carbocycles. The summed E-state index contributed by atoms with van der Waals surface area (Å²) in [6, 6.07) is 19.5. The van der Waals surface area contributed by atoms with E-state index >= 15 is 0 Å². The van der Waals surface area contributed by atoms with Crippen molar-refractivity contribution >= 4 is 43.7 Å². The lowest BCUT2D eigenvalue weighted by Gasteiger charge is -2.26. The summed E-state index contributed by atoms with van der Waals surface area (Å²) in [6.07, 6.45) is 9.39. The molecule has 0 spiro atoms. The van der Waals surface area contributed by atoms with Crippen molar-refractivity contribution in [1.29, 1.82) is 5.26 Å². The van der Waals surface area contributed by atoms with E-state index in [9.17, 15) is 5.26 Å². The Morgan fingerprint density at radius 3 is 2.85 bits per heavy atom. The minimum Gasteiger partial charge on any atom is -0.361 e. The number of piperidine rings is 1. The summed E-state index contributed by atoms with van der Waals surface area (Å²) in [5.74, 6) is 0. The zero-order chi connectivity index (χ0) is 22.9. The van der Waals surface area contributed by atoms with E-state index in [-0.39, 0.29) is 0 Å². The zero-order valence-corrected chi connectivity index (χ0v) is 19.7. The van der Waals surface area contributed by atoms with Gasteiger partial charge >= 0.3 is 0 Å². The van der Waals surface area contributed by atoms with Crippen LogP contribution in [0.25, 0.3) is 31.4 Å². The molecular weight excluding hydrogens is 438 g/mol. The lowest BCUT2D eigenvalue weighted by atomic mass is 10.1. The number of hydrogen-bond donors (Lipinski definition) is 2. The maximum atomic E-state index is 9.84. The van der Waals surface area contributed by atoms with Gasteiger partial charge in [0.1, 0.15) is 6.07 Å². The van der Waals surface area contributed by atoms with Crippen LogP contribution in [0.15, 0.2) is 67.1 Å². The molecule has 34 heavy (non-hydrogen) atoms. The number of anilines is 2. The van der Waals surface area contributed by atoms with Gasteiger partial charge in [-0.2, -0.15) is 5.26 Å². The predicted molar refractivity (Wildman–Crippen MR) is 140 cm³/mol. The number of fused-ring (bicyclic) bond motifs is 2. The Balaban J connectivity index is 1.38. The predicted octanol–water partition coefficient (Wildman–Crippen LogP) is 7.05. The molecule has 1 fully saturated rings. The number of aromatic nitrogens is 2. The van der Waals surface area contributed by atoms with E-state index in [1.54, 1.807) is 17.5 Å². The topological polar surface area (TPSA) is 67.7 Å². The van der Waals surface area contributed by atoms with Crippen LogP contribution in [-0.4, -0.2) is 28.0 Å². The fourth-order valence-corrected chi connectivity index (χ4v) is 5.95. The Morgan fingerprint density at radius 1 is 1.06 bits per heavy atom. The summed E-state index contributed by atoms with van der Waals surface area (Å²) in [5.41, 5.74) is 5.67. The highest BCUT2D eigenvalue weighted by molar-refractivity contribution is 7.22. The van der Waals surface area contributed by atoms with Crippen molar-refractivity contribution < 1.29 is 0 Å². The van der Waals surface area contributed by atoms with Crippen molar-refractivity contribution in [2.24, 2.45) is 0 Å². The third kappa shape index (κ3) is 3.94. The second kappa shape index (κ2) is 8.94. The van der Waals surface area contributed by atoms with Crippen LogP contribution >= 0.6 is 11.3 Å². The van der Waals surface area contributed by atoms with Crippen molar-refractivity contribution in [2.45, 2.75) is 25.8 Å². The Hall–Kier alpha value is -3.66. The minimum atomic E-state index is 0.535. The van der Waals surface area contributed by atoms with Crippen molar-refractivity contribution in [3.63, 3.8) is 0 Å². The van der Waals surface area contributed by atoms with Gasteiger partial charge in [-0.05, 0) is 73.3 Å². The van der Waals surface area contributed by atoms with Crippen molar-refractivity contribution in [3.8, 4) is 16.5 Å². The first-order chi connectivity index (χ1) is 16.8. The van der Waals surface area contributed by atoms with E-state index in [4.69, 9.17) is 0 Å². The minimum absolute atomic E-state index is 0.535. The van der Waals surface area contributed by atoms with Gasteiger partial charge in [0.05, 0.1) is 11.3 Å². The number of likely N-dealkylation sites (tertiary alicyclic amines) is 1. The number of benzene rings is 2. The van der Waals surface area contributed by atoms with Gasteiger partial charge in [-0.25, -0.2) is 0 Å². The first-order valence-corrected chi connectivity index (χ1v) is 12.6. The molecule has 0 saturated carbocycles.